The number of carbonyl (C=O) groups is 1. The van der Waals surface area contributed by atoms with E-state index in [1.165, 1.54) is 109 Å². The standard InChI is InChI=1S/C10H20O2S.3C8H17.Sn/c1-8(2)6-4-3-5-7-9(13)10(11)12;3*1-3-5-7-8-6-4-2;/h8-9,13H,3-7H2,1-2H3,(H,11,12);3*1,3-8H2,2H3;/q;;;;+1/p-1. The van der Waals surface area contributed by atoms with Gasteiger partial charge in [0.05, 0.1) is 5.97 Å². The molecule has 228 valence electrons. The molecule has 4 heteroatoms. The van der Waals surface area contributed by atoms with E-state index in [1.54, 1.807) is 32.6 Å². The van der Waals surface area contributed by atoms with Gasteiger partial charge in [-0.25, -0.2) is 0 Å². The van der Waals surface area contributed by atoms with Crippen molar-refractivity contribution in [3.05, 3.63) is 0 Å². The third kappa shape index (κ3) is 34.6. The van der Waals surface area contributed by atoms with Crippen LogP contribution in [-0.4, -0.2) is 31.0 Å². The maximum absolute atomic E-state index is 10.3. The molecule has 2 nitrogen and oxygen atoms in total. The summed E-state index contributed by atoms with van der Waals surface area (Å²) >= 11 is 2.89. The molecule has 0 saturated heterocycles. The third-order valence-corrected chi connectivity index (χ3v) is 17.2. The Morgan fingerprint density at radius 2 is 0.868 bits per heavy atom. The zero-order valence-electron chi connectivity index (χ0n) is 26.8. The van der Waals surface area contributed by atoms with Gasteiger partial charge in [0, 0.05) is 5.25 Å². The Bertz CT molecular complexity index is 420. The van der Waals surface area contributed by atoms with E-state index in [0.717, 1.165) is 18.8 Å². The summed E-state index contributed by atoms with van der Waals surface area (Å²) in [6.45, 7) is 11.4. The Kier molecular flexibility index (Phi) is 36.3. The van der Waals surface area contributed by atoms with Crippen molar-refractivity contribution in [1.82, 2.24) is 0 Å². The molecule has 0 aliphatic rings. The third-order valence-electron chi connectivity index (χ3n) is 7.68. The molecule has 0 aromatic heterocycles. The molecule has 0 aromatic carbocycles. The first-order chi connectivity index (χ1) is 18.4. The van der Waals surface area contributed by atoms with Crippen molar-refractivity contribution in [2.75, 3.05) is 0 Å². The molecule has 0 aromatic rings. The van der Waals surface area contributed by atoms with Gasteiger partial charge in [0.2, 0.25) is 0 Å². The molecule has 1 unspecified atom stereocenters. The first-order valence-corrected chi connectivity index (χ1v) is 23.7. The van der Waals surface area contributed by atoms with Crippen LogP contribution in [0.5, 0.6) is 0 Å². The van der Waals surface area contributed by atoms with Crippen molar-refractivity contribution in [1.29, 1.82) is 0 Å². The average molecular weight is 662 g/mol. The molecule has 0 N–H and O–H groups in total. The van der Waals surface area contributed by atoms with Gasteiger partial charge in [-0.3, -0.25) is 0 Å². The number of hydrogen-bond acceptors (Lipinski definition) is 3. The van der Waals surface area contributed by atoms with Crippen LogP contribution in [-0.2, 0) is 4.79 Å². The number of aliphatic carboxylic acids is 1. The van der Waals surface area contributed by atoms with Crippen molar-refractivity contribution in [3.63, 3.8) is 0 Å². The molecular weight excluding hydrogens is 591 g/mol. The van der Waals surface area contributed by atoms with E-state index in [4.69, 9.17) is 0 Å². The minimum absolute atomic E-state index is 0.584. The van der Waals surface area contributed by atoms with E-state index in [9.17, 15) is 9.90 Å². The summed E-state index contributed by atoms with van der Waals surface area (Å²) in [7, 11) is 0. The molecule has 0 amide bonds. The molecule has 0 rings (SSSR count). The second-order valence-corrected chi connectivity index (χ2v) is 21.4. The second kappa shape index (κ2) is 33.8. The summed E-state index contributed by atoms with van der Waals surface area (Å²) in [5.41, 5.74) is 0. The van der Waals surface area contributed by atoms with Crippen LogP contribution in [0.15, 0.2) is 0 Å². The van der Waals surface area contributed by atoms with E-state index in [2.05, 4.69) is 47.2 Å². The fraction of sp³-hybridized carbons (Fsp3) is 0.971. The Balaban J connectivity index is 0. The van der Waals surface area contributed by atoms with Gasteiger partial charge < -0.3 is 9.90 Å². The van der Waals surface area contributed by atoms with Gasteiger partial charge in [0.1, 0.15) is 0 Å². The quantitative estimate of drug-likeness (QED) is 0.0515. The number of carbonyl (C=O) groups excluding carboxylic acids is 1. The Morgan fingerprint density at radius 1 is 0.553 bits per heavy atom. The predicted molar refractivity (Wildman–Crippen MR) is 176 cm³/mol. The zero-order valence-corrected chi connectivity index (χ0v) is 30.6. The number of hydrogen-bond donors (Lipinski definition) is 1. The van der Waals surface area contributed by atoms with Crippen LogP contribution >= 0.6 is 12.6 Å². The van der Waals surface area contributed by atoms with Gasteiger partial charge in [0.25, 0.3) is 0 Å². The molecule has 0 radical (unpaired) electrons. The van der Waals surface area contributed by atoms with Crippen molar-refractivity contribution >= 4 is 38.4 Å². The van der Waals surface area contributed by atoms with Gasteiger partial charge in [-0.2, -0.15) is 12.6 Å². The van der Waals surface area contributed by atoms with Crippen molar-refractivity contribution < 1.29 is 9.90 Å². The van der Waals surface area contributed by atoms with Crippen LogP contribution in [0.1, 0.15) is 182 Å². The molecule has 0 saturated carbocycles. The van der Waals surface area contributed by atoms with Gasteiger partial charge in [0.15, 0.2) is 0 Å². The van der Waals surface area contributed by atoms with Crippen LogP contribution in [0.4, 0.5) is 0 Å². The van der Waals surface area contributed by atoms with Gasteiger partial charge >= 0.3 is 169 Å². The first kappa shape index (κ1) is 40.8. The minimum atomic E-state index is -1.05. The summed E-state index contributed by atoms with van der Waals surface area (Å²) in [5, 5.41) is 9.70. The molecule has 0 spiro atoms. The average Bonchev–Trinajstić information content (AvgIpc) is 2.89. The topological polar surface area (TPSA) is 40.1 Å². The number of unbranched alkanes of at least 4 members (excludes halogenated alkanes) is 17. The Hall–Kier alpha value is 0.619. The van der Waals surface area contributed by atoms with Crippen LogP contribution in [0.2, 0.25) is 13.3 Å². The molecule has 38 heavy (non-hydrogen) atoms. The monoisotopic (exact) mass is 662 g/mol. The van der Waals surface area contributed by atoms with E-state index >= 15 is 0 Å². The fourth-order valence-electron chi connectivity index (χ4n) is 5.03. The van der Waals surface area contributed by atoms with Crippen molar-refractivity contribution in [3.8, 4) is 0 Å². The molecular formula is C34H70O2SSn. The van der Waals surface area contributed by atoms with Gasteiger partial charge in [-0.15, -0.1) is 0 Å². The Morgan fingerprint density at radius 3 is 1.21 bits per heavy atom. The molecule has 0 aliphatic heterocycles. The van der Waals surface area contributed by atoms with Gasteiger partial charge in [-0.05, 0) is 12.3 Å². The summed E-state index contributed by atoms with van der Waals surface area (Å²) < 4.78 is 5.16. The van der Waals surface area contributed by atoms with E-state index < -0.39 is 31.0 Å². The molecule has 0 bridgehead atoms. The Labute approximate surface area is 253 Å². The van der Waals surface area contributed by atoms with Crippen molar-refractivity contribution in [2.45, 2.75) is 201 Å². The SMILES string of the molecule is CC(C)CCCCCC(S)C(=O)[O-].CCCCCCC[CH2][Sn+]([CH2]CCCCCCC)[CH2]CCCCCCC. The van der Waals surface area contributed by atoms with Gasteiger partial charge in [-0.1, -0.05) is 39.5 Å². The summed E-state index contributed by atoms with van der Waals surface area (Å²) in [5.74, 6) is -0.305. The van der Waals surface area contributed by atoms with E-state index in [-0.39, 0.29) is 0 Å². The van der Waals surface area contributed by atoms with Crippen LogP contribution in [0.3, 0.4) is 0 Å². The molecule has 0 fully saturated rings. The molecule has 0 heterocycles. The number of thiol groups is 1. The van der Waals surface area contributed by atoms with Crippen LogP contribution in [0, 0.1) is 5.92 Å². The summed E-state index contributed by atoms with van der Waals surface area (Å²) in [4.78, 5) is 10.3. The number of carboxylic acid groups (broad SMARTS) is 1. The van der Waals surface area contributed by atoms with E-state index in [1.807, 2.05) is 0 Å². The fourth-order valence-corrected chi connectivity index (χ4v) is 13.8. The van der Waals surface area contributed by atoms with Crippen LogP contribution < -0.4 is 5.11 Å². The van der Waals surface area contributed by atoms with Crippen molar-refractivity contribution in [2.24, 2.45) is 5.92 Å². The molecule has 0 aliphatic carbocycles. The zero-order chi connectivity index (χ0) is 28.7. The summed E-state index contributed by atoms with van der Waals surface area (Å²) in [6.07, 6.45) is 32.0. The first-order valence-electron chi connectivity index (χ1n) is 17.1. The molecule has 1 atom stereocenters. The number of rotatable bonds is 28. The van der Waals surface area contributed by atoms with E-state index in [0.29, 0.717) is 6.42 Å². The normalized spacial score (nSPS) is 11.9. The summed E-state index contributed by atoms with van der Waals surface area (Å²) in [6, 6.07) is 0. The maximum atomic E-state index is 10.3. The van der Waals surface area contributed by atoms with Crippen LogP contribution in [0.25, 0.3) is 0 Å². The second-order valence-electron chi connectivity index (χ2n) is 12.2. The predicted octanol–water partition coefficient (Wildman–Crippen LogP) is 11.2. The number of carboxylic acids is 1.